The molecule has 0 heterocycles. The van der Waals surface area contributed by atoms with Crippen LogP contribution in [0.15, 0.2) is 0 Å². The fraction of sp³-hybridized carbons (Fsp3) is 0.923. The number of carbonyl (C=O) groups excluding carboxylic acids is 1. The van der Waals surface area contributed by atoms with E-state index in [1.807, 2.05) is 0 Å². The van der Waals surface area contributed by atoms with Gasteiger partial charge in [-0.05, 0) is 37.0 Å². The smallest absolute Gasteiger partial charge is 0.220 e. The molecule has 3 nitrogen and oxygen atoms in total. The number of rotatable bonds is 3. The summed E-state index contributed by atoms with van der Waals surface area (Å²) in [6.45, 7) is 6.53. The fourth-order valence-electron chi connectivity index (χ4n) is 2.25. The van der Waals surface area contributed by atoms with Crippen LogP contribution in [0.2, 0.25) is 0 Å². The van der Waals surface area contributed by atoms with E-state index in [4.69, 9.17) is 5.11 Å². The lowest BCUT2D eigenvalue weighted by Crippen LogP contribution is -2.39. The molecule has 0 bridgehead atoms. The Balaban J connectivity index is 2.26. The van der Waals surface area contributed by atoms with Gasteiger partial charge in [0, 0.05) is 19.1 Å². The lowest BCUT2D eigenvalue weighted by atomic mass is 9.86. The summed E-state index contributed by atoms with van der Waals surface area (Å²) in [5.41, 5.74) is 0.0619. The third kappa shape index (κ3) is 4.97. The van der Waals surface area contributed by atoms with Crippen molar-refractivity contribution in [3.05, 3.63) is 0 Å². The molecule has 0 aliphatic heterocycles. The molecule has 1 aliphatic carbocycles. The molecule has 94 valence electrons. The lowest BCUT2D eigenvalue weighted by Gasteiger charge is -2.29. The van der Waals surface area contributed by atoms with Crippen LogP contribution in [0.4, 0.5) is 0 Å². The highest BCUT2D eigenvalue weighted by Gasteiger charge is 2.23. The first-order chi connectivity index (χ1) is 7.40. The first kappa shape index (κ1) is 13.5. The number of hydrogen-bond acceptors (Lipinski definition) is 2. The van der Waals surface area contributed by atoms with Gasteiger partial charge in [-0.25, -0.2) is 0 Å². The molecule has 2 N–H and O–H groups in total. The third-order valence-corrected chi connectivity index (χ3v) is 3.16. The summed E-state index contributed by atoms with van der Waals surface area (Å²) >= 11 is 0. The maximum atomic E-state index is 11.7. The van der Waals surface area contributed by atoms with Gasteiger partial charge in [-0.2, -0.15) is 0 Å². The Hall–Kier alpha value is -0.570. The number of amides is 1. The van der Waals surface area contributed by atoms with Gasteiger partial charge in [-0.3, -0.25) is 4.79 Å². The van der Waals surface area contributed by atoms with Gasteiger partial charge in [0.15, 0.2) is 0 Å². The fourth-order valence-corrected chi connectivity index (χ4v) is 2.25. The second kappa shape index (κ2) is 5.67. The normalized spacial score (nSPS) is 26.5. The van der Waals surface area contributed by atoms with E-state index >= 15 is 0 Å². The van der Waals surface area contributed by atoms with Crippen LogP contribution in [-0.4, -0.2) is 23.7 Å². The summed E-state index contributed by atoms with van der Waals surface area (Å²) < 4.78 is 0. The van der Waals surface area contributed by atoms with Crippen molar-refractivity contribution in [1.29, 1.82) is 0 Å². The molecular weight excluding hydrogens is 202 g/mol. The van der Waals surface area contributed by atoms with E-state index in [0.29, 0.717) is 25.0 Å². The summed E-state index contributed by atoms with van der Waals surface area (Å²) in [4.78, 5) is 11.7. The zero-order valence-electron chi connectivity index (χ0n) is 10.8. The summed E-state index contributed by atoms with van der Waals surface area (Å²) in [7, 11) is 0. The van der Waals surface area contributed by atoms with E-state index in [2.05, 4.69) is 26.1 Å². The minimum atomic E-state index is 0.0619. The molecule has 1 amide bonds. The van der Waals surface area contributed by atoms with E-state index in [1.165, 1.54) is 0 Å². The van der Waals surface area contributed by atoms with Crippen molar-refractivity contribution in [2.75, 3.05) is 6.61 Å². The van der Waals surface area contributed by atoms with Crippen LogP contribution in [-0.2, 0) is 4.79 Å². The van der Waals surface area contributed by atoms with Gasteiger partial charge in [-0.1, -0.05) is 20.8 Å². The summed E-state index contributed by atoms with van der Waals surface area (Å²) in [6.07, 6.45) is 4.70. The molecular formula is C13H25NO2. The van der Waals surface area contributed by atoms with Crippen molar-refractivity contribution in [2.24, 2.45) is 11.3 Å². The van der Waals surface area contributed by atoms with E-state index in [9.17, 15) is 4.79 Å². The Morgan fingerprint density at radius 3 is 2.25 bits per heavy atom. The molecule has 1 saturated carbocycles. The first-order valence-electron chi connectivity index (χ1n) is 6.31. The van der Waals surface area contributed by atoms with Crippen LogP contribution in [0.25, 0.3) is 0 Å². The average molecular weight is 227 g/mol. The zero-order chi connectivity index (χ0) is 12.2. The van der Waals surface area contributed by atoms with Gasteiger partial charge in [0.05, 0.1) is 0 Å². The maximum absolute atomic E-state index is 11.7. The van der Waals surface area contributed by atoms with Crippen LogP contribution in [0.1, 0.15) is 52.9 Å². The summed E-state index contributed by atoms with van der Waals surface area (Å²) in [6, 6.07) is 0.331. The first-order valence-corrected chi connectivity index (χ1v) is 6.31. The van der Waals surface area contributed by atoms with Crippen LogP contribution in [0.5, 0.6) is 0 Å². The molecule has 1 fully saturated rings. The van der Waals surface area contributed by atoms with Crippen molar-refractivity contribution < 1.29 is 9.90 Å². The topological polar surface area (TPSA) is 49.3 Å². The van der Waals surface area contributed by atoms with Crippen LogP contribution in [0, 0.1) is 11.3 Å². The third-order valence-electron chi connectivity index (χ3n) is 3.16. The van der Waals surface area contributed by atoms with Crippen molar-refractivity contribution in [3.63, 3.8) is 0 Å². The van der Waals surface area contributed by atoms with Gasteiger partial charge in [-0.15, -0.1) is 0 Å². The Bertz CT molecular complexity index is 225. The van der Waals surface area contributed by atoms with Gasteiger partial charge in [0.2, 0.25) is 5.91 Å². The van der Waals surface area contributed by atoms with Gasteiger partial charge in [0.1, 0.15) is 0 Å². The highest BCUT2D eigenvalue weighted by atomic mass is 16.3. The molecule has 1 rings (SSSR count). The number of hydrogen-bond donors (Lipinski definition) is 2. The summed E-state index contributed by atoms with van der Waals surface area (Å²) in [5, 5.41) is 12.1. The quantitative estimate of drug-likeness (QED) is 0.775. The SMILES string of the molecule is CC(C)(C)CC(=O)NC1CCC(CO)CC1. The second-order valence-corrected chi connectivity index (χ2v) is 6.21. The Morgan fingerprint density at radius 2 is 1.81 bits per heavy atom. The zero-order valence-corrected chi connectivity index (χ0v) is 10.8. The predicted molar refractivity (Wildman–Crippen MR) is 65.0 cm³/mol. The molecule has 1 aliphatic rings. The molecule has 0 unspecified atom stereocenters. The average Bonchev–Trinajstić information content (AvgIpc) is 2.16. The standard InChI is InChI=1S/C13H25NO2/c1-13(2,3)8-12(16)14-11-6-4-10(9-15)5-7-11/h10-11,15H,4-9H2,1-3H3,(H,14,16). The molecule has 3 heteroatoms. The van der Waals surface area contributed by atoms with Crippen LogP contribution < -0.4 is 5.32 Å². The monoisotopic (exact) mass is 227 g/mol. The molecule has 16 heavy (non-hydrogen) atoms. The van der Waals surface area contributed by atoms with Crippen molar-refractivity contribution >= 4 is 5.91 Å². The number of aliphatic hydroxyl groups is 1. The Labute approximate surface area is 98.6 Å². The number of carbonyl (C=O) groups is 1. The van der Waals surface area contributed by atoms with Crippen LogP contribution in [0.3, 0.4) is 0 Å². The minimum absolute atomic E-state index is 0.0619. The Morgan fingerprint density at radius 1 is 1.25 bits per heavy atom. The van der Waals surface area contributed by atoms with E-state index in [-0.39, 0.29) is 11.3 Å². The predicted octanol–water partition coefficient (Wildman–Crippen LogP) is 2.09. The number of aliphatic hydroxyl groups excluding tert-OH is 1. The molecule has 0 atom stereocenters. The second-order valence-electron chi connectivity index (χ2n) is 6.21. The highest BCUT2D eigenvalue weighted by molar-refractivity contribution is 5.76. The molecule has 0 aromatic carbocycles. The van der Waals surface area contributed by atoms with Crippen molar-refractivity contribution in [2.45, 2.75) is 58.9 Å². The van der Waals surface area contributed by atoms with E-state index < -0.39 is 0 Å². The van der Waals surface area contributed by atoms with Crippen molar-refractivity contribution in [1.82, 2.24) is 5.32 Å². The van der Waals surface area contributed by atoms with Crippen molar-refractivity contribution in [3.8, 4) is 0 Å². The molecule has 0 saturated heterocycles. The van der Waals surface area contributed by atoms with E-state index in [1.54, 1.807) is 0 Å². The highest BCUT2D eigenvalue weighted by Crippen LogP contribution is 2.24. The largest absolute Gasteiger partial charge is 0.396 e. The minimum Gasteiger partial charge on any atom is -0.396 e. The maximum Gasteiger partial charge on any atom is 0.220 e. The number of nitrogens with one attached hydrogen (secondary N) is 1. The molecule has 0 aromatic heterocycles. The molecule has 0 radical (unpaired) electrons. The molecule has 0 spiro atoms. The summed E-state index contributed by atoms with van der Waals surface area (Å²) in [5.74, 6) is 0.621. The van der Waals surface area contributed by atoms with Gasteiger partial charge >= 0.3 is 0 Å². The molecule has 0 aromatic rings. The lowest BCUT2D eigenvalue weighted by molar-refractivity contribution is -0.123. The Kier molecular flexibility index (Phi) is 4.78. The van der Waals surface area contributed by atoms with Gasteiger partial charge < -0.3 is 10.4 Å². The van der Waals surface area contributed by atoms with Gasteiger partial charge in [0.25, 0.3) is 0 Å². The van der Waals surface area contributed by atoms with E-state index in [0.717, 1.165) is 25.7 Å². The van der Waals surface area contributed by atoms with Crippen LogP contribution >= 0.6 is 0 Å².